The zero-order valence-electron chi connectivity index (χ0n) is 21.4. The van der Waals surface area contributed by atoms with E-state index in [9.17, 15) is 0 Å². The molecular weight excluding hydrogens is 378 g/mol. The van der Waals surface area contributed by atoms with Crippen molar-refractivity contribution in [2.75, 3.05) is 0 Å². The molecule has 3 heteroatoms. The van der Waals surface area contributed by atoms with Gasteiger partial charge in [-0.3, -0.25) is 0 Å². The van der Waals surface area contributed by atoms with Crippen LogP contribution in [0.5, 0.6) is 0 Å². The van der Waals surface area contributed by atoms with Gasteiger partial charge in [-0.05, 0) is 93.3 Å². The number of fused-ring (bicyclic) bond motifs is 3. The molecule has 4 saturated carbocycles. The average molecular weight is 428 g/mol. The lowest BCUT2D eigenvalue weighted by atomic mass is 9.52. The normalized spacial score (nSPS) is 35.5. The number of aromatic nitrogens is 3. The van der Waals surface area contributed by atoms with Crippen molar-refractivity contribution in [3.63, 3.8) is 0 Å². The molecular formula is C28H49N3. The van der Waals surface area contributed by atoms with Gasteiger partial charge in [-0.25, -0.2) is 0 Å². The third-order valence-electron chi connectivity index (χ3n) is 9.84. The minimum atomic E-state index is 0.319. The molecule has 0 radical (unpaired) electrons. The van der Waals surface area contributed by atoms with E-state index < -0.39 is 0 Å². The molecule has 176 valence electrons. The average Bonchev–Trinajstić information content (AvgIpc) is 3.33. The van der Waals surface area contributed by atoms with E-state index in [1.165, 1.54) is 95.1 Å². The van der Waals surface area contributed by atoms with Gasteiger partial charge in [0.25, 0.3) is 0 Å². The van der Waals surface area contributed by atoms with Crippen LogP contribution in [0.3, 0.4) is 0 Å². The van der Waals surface area contributed by atoms with Crippen LogP contribution in [0, 0.1) is 29.1 Å². The molecule has 4 aliphatic carbocycles. The molecule has 4 aliphatic rings. The third kappa shape index (κ3) is 4.49. The molecule has 0 saturated heterocycles. The summed E-state index contributed by atoms with van der Waals surface area (Å²) in [5.74, 6) is 6.51. The second-order valence-corrected chi connectivity index (χ2v) is 12.6. The van der Waals surface area contributed by atoms with Crippen molar-refractivity contribution >= 4 is 0 Å². The first kappa shape index (κ1) is 23.3. The van der Waals surface area contributed by atoms with Crippen molar-refractivity contribution < 1.29 is 0 Å². The first-order valence-electron chi connectivity index (χ1n) is 13.7. The molecule has 0 aliphatic heterocycles. The Kier molecular flexibility index (Phi) is 6.90. The van der Waals surface area contributed by atoms with Crippen LogP contribution in [0.4, 0.5) is 0 Å². The first-order valence-corrected chi connectivity index (χ1v) is 13.7. The number of rotatable bonds is 9. The highest BCUT2D eigenvalue weighted by atomic mass is 15.3. The lowest BCUT2D eigenvalue weighted by molar-refractivity contribution is 0.0248. The molecule has 31 heavy (non-hydrogen) atoms. The van der Waals surface area contributed by atoms with Gasteiger partial charge in [0.2, 0.25) is 0 Å². The number of unbranched alkanes of at least 4 members (excludes halogenated alkanes) is 2. The Balaban J connectivity index is 1.47. The van der Waals surface area contributed by atoms with Crippen molar-refractivity contribution in [2.24, 2.45) is 36.1 Å². The van der Waals surface area contributed by atoms with Gasteiger partial charge in [-0.2, -0.15) is 0 Å². The quantitative estimate of drug-likeness (QED) is 0.376. The van der Waals surface area contributed by atoms with E-state index in [1.807, 2.05) is 0 Å². The van der Waals surface area contributed by atoms with Crippen molar-refractivity contribution in [2.45, 2.75) is 129 Å². The van der Waals surface area contributed by atoms with Crippen LogP contribution in [0.25, 0.3) is 0 Å². The van der Waals surface area contributed by atoms with E-state index >= 15 is 0 Å². The maximum absolute atomic E-state index is 4.92. The minimum Gasteiger partial charge on any atom is -0.317 e. The van der Waals surface area contributed by atoms with E-state index in [1.54, 1.807) is 0 Å². The summed E-state index contributed by atoms with van der Waals surface area (Å²) in [5, 5.41) is 9.80. The fourth-order valence-electron chi connectivity index (χ4n) is 7.94. The summed E-state index contributed by atoms with van der Waals surface area (Å²) in [6.07, 6.45) is 18.0. The number of hydrogen-bond donors (Lipinski definition) is 0. The highest BCUT2D eigenvalue weighted by molar-refractivity contribution is 5.19. The van der Waals surface area contributed by atoms with Crippen molar-refractivity contribution in [3.05, 3.63) is 11.6 Å². The van der Waals surface area contributed by atoms with Crippen LogP contribution < -0.4 is 0 Å². The smallest absolute Gasteiger partial charge is 0.138 e. The molecule has 1 heterocycles. The molecule has 1 aromatic rings. The Morgan fingerprint density at radius 1 is 0.935 bits per heavy atom. The Labute approximate surface area is 192 Å². The van der Waals surface area contributed by atoms with Gasteiger partial charge in [0.05, 0.1) is 0 Å². The molecule has 0 amide bonds. The van der Waals surface area contributed by atoms with E-state index in [0.29, 0.717) is 16.7 Å². The number of hydrogen-bond acceptors (Lipinski definition) is 2. The van der Waals surface area contributed by atoms with E-state index in [-0.39, 0.29) is 0 Å². The van der Waals surface area contributed by atoms with E-state index in [0.717, 1.165) is 23.7 Å². The molecule has 3 unspecified atom stereocenters. The van der Waals surface area contributed by atoms with Crippen LogP contribution in [-0.4, -0.2) is 14.8 Å². The molecule has 0 aromatic carbocycles. The van der Waals surface area contributed by atoms with Crippen LogP contribution in [0.2, 0.25) is 0 Å². The van der Waals surface area contributed by atoms with Gasteiger partial charge < -0.3 is 4.57 Å². The summed E-state index contributed by atoms with van der Waals surface area (Å²) < 4.78 is 2.47. The maximum atomic E-state index is 4.92. The topological polar surface area (TPSA) is 30.7 Å². The van der Waals surface area contributed by atoms with Crippen LogP contribution in [-0.2, 0) is 12.5 Å². The summed E-state index contributed by atoms with van der Waals surface area (Å²) >= 11 is 0. The highest BCUT2D eigenvalue weighted by Gasteiger charge is 2.51. The maximum Gasteiger partial charge on any atom is 0.138 e. The molecule has 0 spiro atoms. The lowest BCUT2D eigenvalue weighted by Crippen LogP contribution is -2.45. The minimum absolute atomic E-state index is 0.319. The molecule has 1 aromatic heterocycles. The van der Waals surface area contributed by atoms with Gasteiger partial charge >= 0.3 is 0 Å². The van der Waals surface area contributed by atoms with Crippen molar-refractivity contribution in [1.82, 2.24) is 14.8 Å². The monoisotopic (exact) mass is 427 g/mol. The Morgan fingerprint density at radius 3 is 2.19 bits per heavy atom. The number of nitrogens with zero attached hydrogens (tertiary/aromatic N) is 3. The van der Waals surface area contributed by atoms with Crippen LogP contribution in [0.15, 0.2) is 0 Å². The van der Waals surface area contributed by atoms with Gasteiger partial charge in [0.15, 0.2) is 0 Å². The summed E-state index contributed by atoms with van der Waals surface area (Å²) in [6, 6.07) is 0. The summed E-state index contributed by atoms with van der Waals surface area (Å²) in [4.78, 5) is 0. The fourth-order valence-corrected chi connectivity index (χ4v) is 7.94. The van der Waals surface area contributed by atoms with Crippen molar-refractivity contribution in [1.29, 1.82) is 0 Å². The van der Waals surface area contributed by atoms with Crippen LogP contribution >= 0.6 is 0 Å². The van der Waals surface area contributed by atoms with E-state index in [2.05, 4.69) is 46.2 Å². The molecule has 3 nitrogen and oxygen atoms in total. The summed E-state index contributed by atoms with van der Waals surface area (Å²) in [5.41, 5.74) is 0.984. The third-order valence-corrected chi connectivity index (χ3v) is 9.84. The summed E-state index contributed by atoms with van der Waals surface area (Å²) in [6.45, 7) is 12.0. The van der Waals surface area contributed by atoms with Gasteiger partial charge in [-0.1, -0.05) is 53.9 Å². The highest BCUT2D eigenvalue weighted by Crippen LogP contribution is 2.59. The second-order valence-electron chi connectivity index (χ2n) is 12.6. The predicted octanol–water partition coefficient (Wildman–Crippen LogP) is 7.80. The largest absolute Gasteiger partial charge is 0.317 e. The molecule has 3 atom stereocenters. The predicted molar refractivity (Wildman–Crippen MR) is 130 cm³/mol. The van der Waals surface area contributed by atoms with Gasteiger partial charge in [0.1, 0.15) is 11.6 Å². The lowest BCUT2D eigenvalue weighted by Gasteiger charge is -2.53. The molecule has 2 bridgehead atoms. The van der Waals surface area contributed by atoms with Crippen molar-refractivity contribution in [3.8, 4) is 0 Å². The zero-order valence-corrected chi connectivity index (χ0v) is 21.4. The van der Waals surface area contributed by atoms with Gasteiger partial charge in [0, 0.05) is 18.4 Å². The molecule has 4 fully saturated rings. The Hall–Kier alpha value is -0.860. The van der Waals surface area contributed by atoms with Crippen LogP contribution in [0.1, 0.15) is 136 Å². The fraction of sp³-hybridized carbons (Fsp3) is 0.929. The SMILES string of the molecule is CCCCCC12CCC(c3nnc(C4CC(CC(C)C)C(C(C)C)C4)n3C)(CC1)CC2. The Bertz CT molecular complexity index is 706. The summed E-state index contributed by atoms with van der Waals surface area (Å²) in [7, 11) is 2.29. The molecule has 5 rings (SSSR count). The first-order chi connectivity index (χ1) is 14.8. The van der Waals surface area contributed by atoms with E-state index in [4.69, 9.17) is 10.2 Å². The zero-order chi connectivity index (χ0) is 22.2. The van der Waals surface area contributed by atoms with Gasteiger partial charge in [-0.15, -0.1) is 10.2 Å². The standard InChI is InChI=1S/C28H49N3/c1-7-8-9-10-27-11-14-28(15-12-27,16-13-27)26-30-29-25(31(26)6)23-18-22(17-20(2)3)24(19-23)21(4)5/h20-24H,7-19H2,1-6H3. The Morgan fingerprint density at radius 2 is 1.61 bits per heavy atom. The second kappa shape index (κ2) is 9.18. The molecule has 0 N–H and O–H groups in total.